The van der Waals surface area contributed by atoms with Crippen LogP contribution in [0.4, 0.5) is 0 Å². The summed E-state index contributed by atoms with van der Waals surface area (Å²) in [4.78, 5) is 27.5. The number of benzene rings is 2. The van der Waals surface area contributed by atoms with Crippen molar-refractivity contribution in [3.05, 3.63) is 57.6 Å². The highest BCUT2D eigenvalue weighted by Gasteiger charge is 2.27. The summed E-state index contributed by atoms with van der Waals surface area (Å²) in [5.74, 6) is 0.809. The second kappa shape index (κ2) is 12.0. The lowest BCUT2D eigenvalue weighted by molar-refractivity contribution is -0.140. The van der Waals surface area contributed by atoms with Crippen LogP contribution in [-0.4, -0.2) is 43.0 Å². The Morgan fingerprint density at radius 1 is 1.00 bits per heavy atom. The van der Waals surface area contributed by atoms with Gasteiger partial charge in [0, 0.05) is 34.6 Å². The lowest BCUT2D eigenvalue weighted by Crippen LogP contribution is -2.49. The molecule has 2 amide bonds. The quantitative estimate of drug-likeness (QED) is 0.525. The third-order valence-electron chi connectivity index (χ3n) is 5.06. The zero-order valence-electron chi connectivity index (χ0n) is 19.1. The van der Waals surface area contributed by atoms with E-state index in [2.05, 4.69) is 5.32 Å². The van der Waals surface area contributed by atoms with E-state index in [4.69, 9.17) is 32.7 Å². The molecule has 0 unspecified atom stereocenters. The number of carbonyl (C=O) groups is 2. The Labute approximate surface area is 199 Å². The maximum atomic E-state index is 13.3. The number of nitrogens with zero attached hydrogens (tertiary/aromatic N) is 1. The fraction of sp³-hybridized carbons (Fsp3) is 0.417. The van der Waals surface area contributed by atoms with Crippen molar-refractivity contribution in [2.75, 3.05) is 14.2 Å². The van der Waals surface area contributed by atoms with Crippen molar-refractivity contribution in [1.82, 2.24) is 10.2 Å². The molecule has 0 fully saturated rings. The molecule has 32 heavy (non-hydrogen) atoms. The molecule has 174 valence electrons. The van der Waals surface area contributed by atoms with E-state index >= 15 is 0 Å². The Bertz CT molecular complexity index is 929. The van der Waals surface area contributed by atoms with E-state index in [1.54, 1.807) is 45.4 Å². The fourth-order valence-corrected chi connectivity index (χ4v) is 3.79. The van der Waals surface area contributed by atoms with Crippen LogP contribution in [0.25, 0.3) is 0 Å². The maximum absolute atomic E-state index is 13.3. The van der Waals surface area contributed by atoms with Gasteiger partial charge in [0.2, 0.25) is 11.8 Å². The molecule has 2 rings (SSSR count). The Kier molecular flexibility index (Phi) is 9.66. The minimum absolute atomic E-state index is 0.0439. The lowest BCUT2D eigenvalue weighted by atomic mass is 10.1. The van der Waals surface area contributed by atoms with Crippen LogP contribution < -0.4 is 14.8 Å². The van der Waals surface area contributed by atoms with Crippen LogP contribution in [0.1, 0.15) is 38.3 Å². The molecule has 0 aliphatic carbocycles. The number of halogens is 2. The second-order valence-corrected chi connectivity index (χ2v) is 8.56. The van der Waals surface area contributed by atoms with E-state index in [0.717, 1.165) is 5.56 Å². The molecule has 0 aromatic heterocycles. The zero-order valence-corrected chi connectivity index (χ0v) is 20.6. The molecule has 0 aliphatic rings. The van der Waals surface area contributed by atoms with Crippen LogP contribution in [-0.2, 0) is 22.6 Å². The van der Waals surface area contributed by atoms with Gasteiger partial charge in [-0.05, 0) is 57.0 Å². The van der Waals surface area contributed by atoms with Crippen molar-refractivity contribution in [2.45, 2.75) is 52.2 Å². The lowest BCUT2D eigenvalue weighted by Gasteiger charge is -2.30. The first-order valence-corrected chi connectivity index (χ1v) is 11.2. The van der Waals surface area contributed by atoms with Crippen LogP contribution >= 0.6 is 23.2 Å². The molecular formula is C24H30Cl2N2O4. The third-order valence-corrected chi connectivity index (χ3v) is 5.77. The summed E-state index contributed by atoms with van der Waals surface area (Å²) in [6.45, 7) is 5.59. The molecule has 1 atom stereocenters. The topological polar surface area (TPSA) is 67.9 Å². The second-order valence-electron chi connectivity index (χ2n) is 7.75. The first-order valence-electron chi connectivity index (χ1n) is 10.4. The number of rotatable bonds is 10. The number of aryl methyl sites for hydroxylation is 1. The van der Waals surface area contributed by atoms with Gasteiger partial charge in [-0.25, -0.2) is 0 Å². The largest absolute Gasteiger partial charge is 0.493 e. The molecule has 0 spiro atoms. The monoisotopic (exact) mass is 480 g/mol. The summed E-state index contributed by atoms with van der Waals surface area (Å²) < 4.78 is 10.6. The van der Waals surface area contributed by atoms with Crippen LogP contribution in [0, 0.1) is 0 Å². The van der Waals surface area contributed by atoms with E-state index in [1.807, 2.05) is 26.0 Å². The molecule has 0 bridgehead atoms. The number of hydrogen-bond acceptors (Lipinski definition) is 4. The van der Waals surface area contributed by atoms with E-state index < -0.39 is 6.04 Å². The first-order chi connectivity index (χ1) is 15.2. The average molecular weight is 481 g/mol. The molecule has 6 nitrogen and oxygen atoms in total. The summed E-state index contributed by atoms with van der Waals surface area (Å²) in [5.41, 5.74) is 1.53. The van der Waals surface area contributed by atoms with Gasteiger partial charge in [-0.15, -0.1) is 0 Å². The molecule has 0 saturated carbocycles. The van der Waals surface area contributed by atoms with Gasteiger partial charge < -0.3 is 19.7 Å². The van der Waals surface area contributed by atoms with Gasteiger partial charge in [-0.1, -0.05) is 35.3 Å². The van der Waals surface area contributed by atoms with Gasteiger partial charge in [0.05, 0.1) is 14.2 Å². The molecule has 8 heteroatoms. The highest BCUT2D eigenvalue weighted by molar-refractivity contribution is 6.36. The van der Waals surface area contributed by atoms with Gasteiger partial charge in [-0.2, -0.15) is 0 Å². The average Bonchev–Trinajstić information content (AvgIpc) is 2.76. The summed E-state index contributed by atoms with van der Waals surface area (Å²) in [7, 11) is 3.14. The molecule has 0 radical (unpaired) electrons. The van der Waals surface area contributed by atoms with Crippen molar-refractivity contribution in [3.63, 3.8) is 0 Å². The molecular weight excluding hydrogens is 451 g/mol. The van der Waals surface area contributed by atoms with Gasteiger partial charge in [0.1, 0.15) is 6.04 Å². The van der Waals surface area contributed by atoms with Crippen LogP contribution in [0.3, 0.4) is 0 Å². The molecule has 0 heterocycles. The molecule has 1 N–H and O–H groups in total. The van der Waals surface area contributed by atoms with Crippen molar-refractivity contribution >= 4 is 35.0 Å². The predicted octanol–water partition coefficient (Wildman–Crippen LogP) is 4.89. The standard InChI is InChI=1S/C24H30Cl2N2O4/c1-15(2)27-24(30)16(3)28(14-18-19(25)7-6-8-20(18)26)23(29)12-10-17-9-11-21(31-4)22(13-17)32-5/h6-9,11,13,15-16H,10,12,14H2,1-5H3,(H,27,30)/t16-/m1/s1. The van der Waals surface area contributed by atoms with Crippen molar-refractivity contribution in [2.24, 2.45) is 0 Å². The van der Waals surface area contributed by atoms with Crippen molar-refractivity contribution < 1.29 is 19.1 Å². The van der Waals surface area contributed by atoms with Crippen molar-refractivity contribution in [3.8, 4) is 11.5 Å². The number of amides is 2. The molecule has 0 aliphatic heterocycles. The van der Waals surface area contributed by atoms with Gasteiger partial charge in [0.25, 0.3) is 0 Å². The number of nitrogens with one attached hydrogen (secondary N) is 1. The first kappa shape index (κ1) is 25.8. The smallest absolute Gasteiger partial charge is 0.242 e. The normalized spacial score (nSPS) is 11.8. The van der Waals surface area contributed by atoms with Gasteiger partial charge >= 0.3 is 0 Å². The molecule has 2 aromatic rings. The maximum Gasteiger partial charge on any atom is 0.242 e. The predicted molar refractivity (Wildman–Crippen MR) is 128 cm³/mol. The Balaban J connectivity index is 2.24. The third kappa shape index (κ3) is 6.78. The van der Waals surface area contributed by atoms with Crippen LogP contribution in [0.5, 0.6) is 11.5 Å². The summed E-state index contributed by atoms with van der Waals surface area (Å²) in [5, 5.41) is 3.77. The molecule has 0 saturated heterocycles. The summed E-state index contributed by atoms with van der Waals surface area (Å²) >= 11 is 12.7. The Morgan fingerprint density at radius 2 is 1.62 bits per heavy atom. The Hall–Kier alpha value is -2.44. The van der Waals surface area contributed by atoms with E-state index in [9.17, 15) is 9.59 Å². The summed E-state index contributed by atoms with van der Waals surface area (Å²) in [6, 6.07) is 9.97. The SMILES string of the molecule is COc1ccc(CCC(=O)N(Cc2c(Cl)cccc2Cl)[C@H](C)C(=O)NC(C)C)cc1OC. The molecule has 2 aromatic carbocycles. The van der Waals surface area contributed by atoms with Crippen molar-refractivity contribution in [1.29, 1.82) is 0 Å². The van der Waals surface area contributed by atoms with E-state index in [-0.39, 0.29) is 30.8 Å². The highest BCUT2D eigenvalue weighted by Crippen LogP contribution is 2.29. The number of hydrogen-bond donors (Lipinski definition) is 1. The minimum Gasteiger partial charge on any atom is -0.493 e. The zero-order chi connectivity index (χ0) is 23.8. The Morgan fingerprint density at radius 3 is 2.19 bits per heavy atom. The summed E-state index contributed by atoms with van der Waals surface area (Å²) in [6.07, 6.45) is 0.682. The van der Waals surface area contributed by atoms with E-state index in [1.165, 1.54) is 4.90 Å². The highest BCUT2D eigenvalue weighted by atomic mass is 35.5. The number of methoxy groups -OCH3 is 2. The van der Waals surface area contributed by atoms with Crippen LogP contribution in [0.2, 0.25) is 10.0 Å². The number of carbonyl (C=O) groups excluding carboxylic acids is 2. The fourth-order valence-electron chi connectivity index (χ4n) is 3.27. The number of ether oxygens (including phenoxy) is 2. The van der Waals surface area contributed by atoms with Gasteiger partial charge in [0.15, 0.2) is 11.5 Å². The minimum atomic E-state index is -0.692. The van der Waals surface area contributed by atoms with Gasteiger partial charge in [-0.3, -0.25) is 9.59 Å². The van der Waals surface area contributed by atoms with E-state index in [0.29, 0.717) is 33.5 Å². The van der Waals surface area contributed by atoms with Crippen LogP contribution in [0.15, 0.2) is 36.4 Å².